The van der Waals surface area contributed by atoms with Gasteiger partial charge in [0.1, 0.15) is 5.82 Å². The molecule has 0 bridgehead atoms. The van der Waals surface area contributed by atoms with E-state index in [-0.39, 0.29) is 17.3 Å². The molecule has 1 fully saturated rings. The van der Waals surface area contributed by atoms with E-state index in [0.29, 0.717) is 11.6 Å². The Kier molecular flexibility index (Phi) is 4.79. The second-order valence-electron chi connectivity index (χ2n) is 5.50. The van der Waals surface area contributed by atoms with Crippen LogP contribution in [-0.4, -0.2) is 31.3 Å². The molecule has 8 nitrogen and oxygen atoms in total. The smallest absolute Gasteiger partial charge is 0.271 e. The summed E-state index contributed by atoms with van der Waals surface area (Å²) in [4.78, 5) is 22.3. The van der Waals surface area contributed by atoms with Gasteiger partial charge in [-0.25, -0.2) is 0 Å². The Morgan fingerprint density at radius 1 is 1.46 bits per heavy atom. The summed E-state index contributed by atoms with van der Waals surface area (Å²) in [5.74, 6) is 1.44. The lowest BCUT2D eigenvalue weighted by Crippen LogP contribution is -2.14. The molecule has 2 aromatic rings. The van der Waals surface area contributed by atoms with Crippen molar-refractivity contribution in [2.24, 2.45) is 0 Å². The molecule has 1 aliphatic rings. The average molecular weight is 347 g/mol. The maximum absolute atomic E-state index is 12.1. The Labute approximate surface area is 142 Å². The topological polar surface area (TPSA) is 103 Å². The first-order chi connectivity index (χ1) is 11.6. The molecule has 1 aromatic heterocycles. The molecular weight excluding hydrogens is 330 g/mol. The van der Waals surface area contributed by atoms with Crippen LogP contribution in [0.1, 0.15) is 31.5 Å². The van der Waals surface area contributed by atoms with E-state index in [1.165, 1.54) is 30.0 Å². The number of carbonyl (C=O) groups is 1. The zero-order valence-corrected chi connectivity index (χ0v) is 14.0. The van der Waals surface area contributed by atoms with E-state index in [0.717, 1.165) is 30.4 Å². The molecule has 0 radical (unpaired) electrons. The summed E-state index contributed by atoms with van der Waals surface area (Å²) >= 11 is 1.32. The van der Waals surface area contributed by atoms with Crippen molar-refractivity contribution in [3.8, 4) is 0 Å². The van der Waals surface area contributed by atoms with Crippen LogP contribution in [0.25, 0.3) is 0 Å². The highest BCUT2D eigenvalue weighted by Crippen LogP contribution is 2.39. The van der Waals surface area contributed by atoms with Crippen molar-refractivity contribution in [2.75, 3.05) is 11.1 Å². The minimum absolute atomic E-state index is 0.0553. The summed E-state index contributed by atoms with van der Waals surface area (Å²) in [6.07, 6.45) is 2.30. The summed E-state index contributed by atoms with van der Waals surface area (Å²) in [5, 5.41) is 22.5. The van der Waals surface area contributed by atoms with Gasteiger partial charge in [-0.3, -0.25) is 14.9 Å². The molecule has 0 aliphatic heterocycles. The van der Waals surface area contributed by atoms with Crippen molar-refractivity contribution >= 4 is 29.0 Å². The van der Waals surface area contributed by atoms with Gasteiger partial charge in [-0.05, 0) is 25.8 Å². The van der Waals surface area contributed by atoms with E-state index in [9.17, 15) is 14.9 Å². The molecule has 1 aromatic carbocycles. The monoisotopic (exact) mass is 347 g/mol. The van der Waals surface area contributed by atoms with Crippen LogP contribution in [0.4, 0.5) is 11.4 Å². The van der Waals surface area contributed by atoms with E-state index in [4.69, 9.17) is 0 Å². The zero-order valence-electron chi connectivity index (χ0n) is 13.1. The second kappa shape index (κ2) is 7.00. The lowest BCUT2D eigenvalue weighted by molar-refractivity contribution is -0.384. The molecule has 3 rings (SSSR count). The normalized spacial score (nSPS) is 13.7. The average Bonchev–Trinajstić information content (AvgIpc) is 3.33. The molecule has 9 heteroatoms. The summed E-state index contributed by atoms with van der Waals surface area (Å²) < 4.78 is 2.04. The number of anilines is 1. The standard InChI is InChI=1S/C15H17N5O3S/c1-2-19-14(10-6-7-10)17-18-15(19)24-9-13(21)16-11-4-3-5-12(8-11)20(22)23/h3-5,8,10H,2,6-7,9H2,1H3,(H,16,21). The van der Waals surface area contributed by atoms with Crippen LogP contribution in [0, 0.1) is 10.1 Å². The minimum atomic E-state index is -0.493. The number of nitro groups is 1. The van der Waals surface area contributed by atoms with Gasteiger partial charge >= 0.3 is 0 Å². The van der Waals surface area contributed by atoms with E-state index in [1.54, 1.807) is 6.07 Å². The number of aromatic nitrogens is 3. The molecule has 1 heterocycles. The van der Waals surface area contributed by atoms with Gasteiger partial charge in [0, 0.05) is 30.3 Å². The molecule has 0 saturated heterocycles. The fraction of sp³-hybridized carbons (Fsp3) is 0.400. The minimum Gasteiger partial charge on any atom is -0.325 e. The maximum Gasteiger partial charge on any atom is 0.271 e. The van der Waals surface area contributed by atoms with Crippen molar-refractivity contribution in [1.29, 1.82) is 0 Å². The van der Waals surface area contributed by atoms with Crippen LogP contribution in [0.5, 0.6) is 0 Å². The SMILES string of the molecule is CCn1c(SCC(=O)Nc2cccc([N+](=O)[O-])c2)nnc1C1CC1. The second-order valence-corrected chi connectivity index (χ2v) is 6.45. The summed E-state index contributed by atoms with van der Waals surface area (Å²) in [7, 11) is 0. The Morgan fingerprint density at radius 3 is 2.92 bits per heavy atom. The molecule has 24 heavy (non-hydrogen) atoms. The number of carbonyl (C=O) groups excluding carboxylic acids is 1. The number of benzene rings is 1. The van der Waals surface area contributed by atoms with Crippen LogP contribution >= 0.6 is 11.8 Å². The highest BCUT2D eigenvalue weighted by atomic mass is 32.2. The van der Waals surface area contributed by atoms with Gasteiger partial charge in [-0.1, -0.05) is 17.8 Å². The highest BCUT2D eigenvalue weighted by Gasteiger charge is 2.30. The van der Waals surface area contributed by atoms with Gasteiger partial charge in [0.2, 0.25) is 5.91 Å². The molecule has 1 amide bonds. The third-order valence-corrected chi connectivity index (χ3v) is 4.64. The molecule has 1 saturated carbocycles. The number of nitrogens with one attached hydrogen (secondary N) is 1. The van der Waals surface area contributed by atoms with Crippen molar-refractivity contribution < 1.29 is 9.72 Å². The van der Waals surface area contributed by atoms with E-state index >= 15 is 0 Å². The first kappa shape index (κ1) is 16.4. The number of hydrogen-bond donors (Lipinski definition) is 1. The van der Waals surface area contributed by atoms with E-state index < -0.39 is 4.92 Å². The predicted octanol–water partition coefficient (Wildman–Crippen LogP) is 2.81. The molecule has 0 spiro atoms. The Bertz CT molecular complexity index is 772. The summed E-state index contributed by atoms with van der Waals surface area (Å²) in [6, 6.07) is 5.88. The first-order valence-corrected chi connectivity index (χ1v) is 8.67. The van der Waals surface area contributed by atoms with Crippen LogP contribution < -0.4 is 5.32 Å². The predicted molar refractivity (Wildman–Crippen MR) is 90.1 cm³/mol. The number of nitrogens with zero attached hydrogens (tertiary/aromatic N) is 4. The lowest BCUT2D eigenvalue weighted by atomic mass is 10.3. The van der Waals surface area contributed by atoms with Crippen LogP contribution in [-0.2, 0) is 11.3 Å². The van der Waals surface area contributed by atoms with E-state index in [1.807, 2.05) is 11.5 Å². The Balaban J connectivity index is 1.60. The number of thioether (sulfide) groups is 1. The summed E-state index contributed by atoms with van der Waals surface area (Å²) in [6.45, 7) is 2.80. The van der Waals surface area contributed by atoms with Crippen LogP contribution in [0.2, 0.25) is 0 Å². The zero-order chi connectivity index (χ0) is 17.1. The van der Waals surface area contributed by atoms with Crippen molar-refractivity contribution in [3.05, 3.63) is 40.2 Å². The number of amides is 1. The molecule has 1 aliphatic carbocycles. The van der Waals surface area contributed by atoms with Crippen LogP contribution in [0.3, 0.4) is 0 Å². The number of hydrogen-bond acceptors (Lipinski definition) is 6. The maximum atomic E-state index is 12.1. The fourth-order valence-electron chi connectivity index (χ4n) is 2.37. The lowest BCUT2D eigenvalue weighted by Gasteiger charge is -2.07. The van der Waals surface area contributed by atoms with Gasteiger partial charge in [-0.15, -0.1) is 10.2 Å². The molecule has 0 atom stereocenters. The molecule has 126 valence electrons. The largest absolute Gasteiger partial charge is 0.325 e. The van der Waals surface area contributed by atoms with Gasteiger partial charge < -0.3 is 9.88 Å². The van der Waals surface area contributed by atoms with E-state index in [2.05, 4.69) is 15.5 Å². The first-order valence-electron chi connectivity index (χ1n) is 7.68. The van der Waals surface area contributed by atoms with Gasteiger partial charge in [0.05, 0.1) is 10.7 Å². The third kappa shape index (κ3) is 3.73. The van der Waals surface area contributed by atoms with Gasteiger partial charge in [0.25, 0.3) is 5.69 Å². The van der Waals surface area contributed by atoms with Gasteiger partial charge in [0.15, 0.2) is 5.16 Å². The summed E-state index contributed by atoms with van der Waals surface area (Å²) in [5.41, 5.74) is 0.352. The number of rotatable bonds is 7. The fourth-order valence-corrected chi connectivity index (χ4v) is 3.18. The van der Waals surface area contributed by atoms with Crippen molar-refractivity contribution in [3.63, 3.8) is 0 Å². The van der Waals surface area contributed by atoms with Crippen molar-refractivity contribution in [1.82, 2.24) is 14.8 Å². The van der Waals surface area contributed by atoms with Crippen LogP contribution in [0.15, 0.2) is 29.4 Å². The highest BCUT2D eigenvalue weighted by molar-refractivity contribution is 7.99. The molecule has 1 N–H and O–H groups in total. The number of non-ortho nitro benzene ring substituents is 1. The van der Waals surface area contributed by atoms with Gasteiger partial charge in [-0.2, -0.15) is 0 Å². The number of nitro benzene ring substituents is 1. The molecule has 0 unspecified atom stereocenters. The molecular formula is C15H17N5O3S. The van der Waals surface area contributed by atoms with Crippen molar-refractivity contribution in [2.45, 2.75) is 37.4 Å². The Morgan fingerprint density at radius 2 is 2.25 bits per heavy atom. The Hall–Kier alpha value is -2.42. The quantitative estimate of drug-likeness (QED) is 0.469. The third-order valence-electron chi connectivity index (χ3n) is 3.68.